The zero-order valence-corrected chi connectivity index (χ0v) is 5.36. The third-order valence-electron chi connectivity index (χ3n) is 1.86. The molecule has 0 radical (unpaired) electrons. The Kier molecular flexibility index (Phi) is 1.69. The van der Waals surface area contributed by atoms with Gasteiger partial charge in [0.15, 0.2) is 0 Å². The molecule has 1 amide bonds. The van der Waals surface area contributed by atoms with Gasteiger partial charge in [-0.2, -0.15) is 0 Å². The Morgan fingerprint density at radius 3 is 2.78 bits per heavy atom. The summed E-state index contributed by atoms with van der Waals surface area (Å²) in [7, 11) is 0. The van der Waals surface area contributed by atoms with Crippen molar-refractivity contribution < 1.29 is 9.18 Å². The second kappa shape index (κ2) is 2.33. The lowest BCUT2D eigenvalue weighted by Gasteiger charge is -2.04. The van der Waals surface area contributed by atoms with E-state index in [1.54, 1.807) is 6.92 Å². The highest BCUT2D eigenvalue weighted by molar-refractivity contribution is 5.80. The van der Waals surface area contributed by atoms with Crippen LogP contribution in [-0.2, 0) is 4.79 Å². The molecule has 1 saturated heterocycles. The van der Waals surface area contributed by atoms with Crippen molar-refractivity contribution in [1.82, 2.24) is 5.32 Å². The molecule has 3 heteroatoms. The van der Waals surface area contributed by atoms with Gasteiger partial charge in [-0.3, -0.25) is 9.18 Å². The number of halogens is 1. The molecule has 0 aliphatic carbocycles. The van der Waals surface area contributed by atoms with Gasteiger partial charge < -0.3 is 5.32 Å². The van der Waals surface area contributed by atoms with E-state index < -0.39 is 0 Å². The van der Waals surface area contributed by atoms with Crippen molar-refractivity contribution in [3.8, 4) is 0 Å². The smallest absolute Gasteiger partial charge is 0.223 e. The molecule has 1 rings (SSSR count). The molecule has 1 fully saturated rings. The van der Waals surface area contributed by atoms with Crippen LogP contribution in [-0.4, -0.2) is 19.1 Å². The van der Waals surface area contributed by atoms with E-state index in [4.69, 9.17) is 0 Å². The Balaban J connectivity index is 2.51. The van der Waals surface area contributed by atoms with Crippen LogP contribution in [0.5, 0.6) is 0 Å². The van der Waals surface area contributed by atoms with Crippen molar-refractivity contribution in [2.75, 3.05) is 13.2 Å². The van der Waals surface area contributed by atoms with Gasteiger partial charge in [-0.25, -0.2) is 0 Å². The summed E-state index contributed by atoms with van der Waals surface area (Å²) in [5, 5.41) is 2.59. The first-order valence-electron chi connectivity index (χ1n) is 3.09. The fourth-order valence-corrected chi connectivity index (χ4v) is 0.972. The molecule has 1 aliphatic rings. The largest absolute Gasteiger partial charge is 0.355 e. The summed E-state index contributed by atoms with van der Waals surface area (Å²) < 4.78 is 11.9. The average molecular weight is 131 g/mol. The highest BCUT2D eigenvalue weighted by Crippen LogP contribution is 2.16. The van der Waals surface area contributed by atoms with Crippen LogP contribution >= 0.6 is 0 Å². The minimum absolute atomic E-state index is 0.0161. The Morgan fingerprint density at radius 1 is 1.89 bits per heavy atom. The van der Waals surface area contributed by atoms with Gasteiger partial charge in [-0.1, -0.05) is 6.92 Å². The SMILES string of the molecule is CC1C(=O)NCC1CF. The number of hydrogen-bond donors (Lipinski definition) is 1. The van der Waals surface area contributed by atoms with Gasteiger partial charge in [-0.15, -0.1) is 0 Å². The van der Waals surface area contributed by atoms with Crippen LogP contribution in [0.2, 0.25) is 0 Å². The van der Waals surface area contributed by atoms with Crippen LogP contribution < -0.4 is 5.32 Å². The molecule has 0 aromatic heterocycles. The Bertz CT molecular complexity index is 126. The monoisotopic (exact) mass is 131 g/mol. The number of carbonyl (C=O) groups is 1. The number of hydrogen-bond acceptors (Lipinski definition) is 1. The van der Waals surface area contributed by atoms with Crippen molar-refractivity contribution in [3.05, 3.63) is 0 Å². The third-order valence-corrected chi connectivity index (χ3v) is 1.86. The van der Waals surface area contributed by atoms with E-state index in [9.17, 15) is 9.18 Å². The maximum absolute atomic E-state index is 11.9. The molecule has 52 valence electrons. The van der Waals surface area contributed by atoms with Gasteiger partial charge in [-0.05, 0) is 0 Å². The molecule has 1 aliphatic heterocycles. The summed E-state index contributed by atoms with van der Waals surface area (Å²) in [4.78, 5) is 10.7. The summed E-state index contributed by atoms with van der Waals surface area (Å²) in [6.07, 6.45) is 0. The lowest BCUT2D eigenvalue weighted by Crippen LogP contribution is -2.17. The molecule has 2 atom stereocenters. The summed E-state index contributed by atoms with van der Waals surface area (Å²) >= 11 is 0. The normalized spacial score (nSPS) is 34.7. The number of alkyl halides is 1. The summed E-state index contributed by atoms with van der Waals surface area (Å²) in [6, 6.07) is 0. The zero-order valence-electron chi connectivity index (χ0n) is 5.36. The van der Waals surface area contributed by atoms with E-state index in [0.717, 1.165) is 0 Å². The molecule has 2 nitrogen and oxygen atoms in total. The lowest BCUT2D eigenvalue weighted by molar-refractivity contribution is -0.122. The minimum atomic E-state index is -0.389. The van der Waals surface area contributed by atoms with Crippen molar-refractivity contribution in [2.24, 2.45) is 11.8 Å². The van der Waals surface area contributed by atoms with E-state index in [2.05, 4.69) is 5.32 Å². The van der Waals surface area contributed by atoms with Gasteiger partial charge in [0.25, 0.3) is 0 Å². The van der Waals surface area contributed by atoms with E-state index in [-0.39, 0.29) is 24.4 Å². The first-order valence-corrected chi connectivity index (χ1v) is 3.09. The molecule has 2 unspecified atom stereocenters. The predicted molar refractivity (Wildman–Crippen MR) is 31.6 cm³/mol. The van der Waals surface area contributed by atoms with Crippen LogP contribution in [0.25, 0.3) is 0 Å². The Morgan fingerprint density at radius 2 is 2.56 bits per heavy atom. The minimum Gasteiger partial charge on any atom is -0.355 e. The number of amides is 1. The van der Waals surface area contributed by atoms with Crippen LogP contribution in [0.1, 0.15) is 6.92 Å². The second-order valence-corrected chi connectivity index (χ2v) is 2.45. The Labute approximate surface area is 53.4 Å². The maximum atomic E-state index is 11.9. The van der Waals surface area contributed by atoms with Gasteiger partial charge in [0.05, 0.1) is 6.67 Å². The molecule has 0 spiro atoms. The fourth-order valence-electron chi connectivity index (χ4n) is 0.972. The summed E-state index contributed by atoms with van der Waals surface area (Å²) in [5.74, 6) is -0.231. The molecular formula is C6H10FNO. The molecule has 9 heavy (non-hydrogen) atoms. The van der Waals surface area contributed by atoms with E-state index >= 15 is 0 Å². The number of nitrogens with one attached hydrogen (secondary N) is 1. The maximum Gasteiger partial charge on any atom is 0.223 e. The standard InChI is InChI=1S/C6H10FNO/c1-4-5(2-7)3-8-6(4)9/h4-5H,2-3H2,1H3,(H,8,9). The van der Waals surface area contributed by atoms with E-state index in [1.807, 2.05) is 0 Å². The van der Waals surface area contributed by atoms with Crippen molar-refractivity contribution in [3.63, 3.8) is 0 Å². The topological polar surface area (TPSA) is 29.1 Å². The lowest BCUT2D eigenvalue weighted by atomic mass is 10.00. The highest BCUT2D eigenvalue weighted by Gasteiger charge is 2.30. The van der Waals surface area contributed by atoms with Crippen LogP contribution in [0.3, 0.4) is 0 Å². The molecule has 1 N–H and O–H groups in total. The third kappa shape index (κ3) is 1.04. The van der Waals surface area contributed by atoms with E-state index in [0.29, 0.717) is 6.54 Å². The van der Waals surface area contributed by atoms with Gasteiger partial charge in [0.2, 0.25) is 5.91 Å². The van der Waals surface area contributed by atoms with Crippen LogP contribution in [0, 0.1) is 11.8 Å². The number of carbonyl (C=O) groups excluding carboxylic acids is 1. The molecule has 0 aromatic rings. The summed E-state index contributed by atoms with van der Waals surface area (Å²) in [6.45, 7) is 1.88. The number of rotatable bonds is 1. The molecule has 0 aromatic carbocycles. The molecule has 1 heterocycles. The molecular weight excluding hydrogens is 121 g/mol. The highest BCUT2D eigenvalue weighted by atomic mass is 19.1. The first kappa shape index (κ1) is 6.52. The quantitative estimate of drug-likeness (QED) is 0.546. The molecule has 0 saturated carbocycles. The van der Waals surface area contributed by atoms with Crippen LogP contribution in [0.4, 0.5) is 4.39 Å². The summed E-state index contributed by atoms with van der Waals surface area (Å²) in [5.41, 5.74) is 0. The van der Waals surface area contributed by atoms with Gasteiger partial charge >= 0.3 is 0 Å². The van der Waals surface area contributed by atoms with Crippen molar-refractivity contribution >= 4 is 5.91 Å². The van der Waals surface area contributed by atoms with E-state index in [1.165, 1.54) is 0 Å². The zero-order chi connectivity index (χ0) is 6.85. The van der Waals surface area contributed by atoms with Gasteiger partial charge in [0, 0.05) is 18.4 Å². The van der Waals surface area contributed by atoms with Crippen LogP contribution in [0.15, 0.2) is 0 Å². The first-order chi connectivity index (χ1) is 4.25. The second-order valence-electron chi connectivity index (χ2n) is 2.45. The fraction of sp³-hybridized carbons (Fsp3) is 0.833. The molecule has 0 bridgehead atoms. The van der Waals surface area contributed by atoms with Crippen molar-refractivity contribution in [1.29, 1.82) is 0 Å². The average Bonchev–Trinajstić information content (AvgIpc) is 2.15. The van der Waals surface area contributed by atoms with Gasteiger partial charge in [0.1, 0.15) is 0 Å². The predicted octanol–water partition coefficient (Wildman–Crippen LogP) is 0.338. The Hall–Kier alpha value is -0.600. The van der Waals surface area contributed by atoms with Crippen molar-refractivity contribution in [2.45, 2.75) is 6.92 Å².